The average Bonchev–Trinajstić information content (AvgIpc) is 2.00. The second-order valence-corrected chi connectivity index (χ2v) is 6.17. The maximum absolute atomic E-state index is 3.50. The van der Waals surface area contributed by atoms with E-state index in [4.69, 9.17) is 0 Å². The predicted octanol–water partition coefficient (Wildman–Crippen LogP) is 2.06. The van der Waals surface area contributed by atoms with Crippen LogP contribution in [0.4, 0.5) is 0 Å². The van der Waals surface area contributed by atoms with Crippen molar-refractivity contribution in [1.82, 2.24) is 10.2 Å². The first-order valence-corrected chi connectivity index (χ1v) is 6.55. The lowest BCUT2D eigenvalue weighted by Crippen LogP contribution is -2.36. The van der Waals surface area contributed by atoms with E-state index in [1.165, 1.54) is 24.5 Å². The molecular formula is C11H26N2S. The summed E-state index contributed by atoms with van der Waals surface area (Å²) >= 11 is 2.05. The largest absolute Gasteiger partial charge is 0.312 e. The van der Waals surface area contributed by atoms with Crippen molar-refractivity contribution in [2.75, 3.05) is 38.7 Å². The Morgan fingerprint density at radius 1 is 1.14 bits per heavy atom. The lowest BCUT2D eigenvalue weighted by atomic mass is 10.1. The molecule has 0 radical (unpaired) electrons. The van der Waals surface area contributed by atoms with E-state index in [1.54, 1.807) is 0 Å². The van der Waals surface area contributed by atoms with Crippen LogP contribution in [0, 0.1) is 0 Å². The van der Waals surface area contributed by atoms with Crippen molar-refractivity contribution in [3.05, 3.63) is 0 Å². The molecule has 0 aromatic rings. The smallest absolute Gasteiger partial charge is 0.00965 e. The molecule has 0 unspecified atom stereocenters. The number of nitrogens with zero attached hydrogens (tertiary/aromatic N) is 1. The summed E-state index contributed by atoms with van der Waals surface area (Å²) < 4.78 is 0. The first-order chi connectivity index (χ1) is 6.42. The zero-order valence-electron chi connectivity index (χ0n) is 10.4. The van der Waals surface area contributed by atoms with Gasteiger partial charge in [-0.3, -0.25) is 0 Å². The summed E-state index contributed by atoms with van der Waals surface area (Å²) in [7, 11) is 4.25. The summed E-state index contributed by atoms with van der Waals surface area (Å²) in [5.41, 5.74) is 0.272. The van der Waals surface area contributed by atoms with E-state index in [2.05, 4.69) is 56.8 Å². The molecule has 0 amide bonds. The molecule has 3 heteroatoms. The standard InChI is InChI=1S/C11H26N2S/c1-11(2,3)12-7-6-9-14-10-8-13(4)5/h12H,6-10H2,1-5H3. The van der Waals surface area contributed by atoms with Crippen LogP contribution < -0.4 is 5.32 Å². The quantitative estimate of drug-likeness (QED) is 0.659. The number of hydrogen-bond acceptors (Lipinski definition) is 3. The highest BCUT2D eigenvalue weighted by atomic mass is 32.2. The molecule has 0 aromatic heterocycles. The van der Waals surface area contributed by atoms with Crippen LogP contribution >= 0.6 is 11.8 Å². The van der Waals surface area contributed by atoms with Gasteiger partial charge in [-0.25, -0.2) is 0 Å². The van der Waals surface area contributed by atoms with Crippen molar-refractivity contribution >= 4 is 11.8 Å². The van der Waals surface area contributed by atoms with Crippen molar-refractivity contribution in [3.8, 4) is 0 Å². The van der Waals surface area contributed by atoms with Gasteiger partial charge in [0.05, 0.1) is 0 Å². The molecular weight excluding hydrogens is 192 g/mol. The number of rotatable bonds is 7. The van der Waals surface area contributed by atoms with Gasteiger partial charge in [-0.05, 0) is 53.6 Å². The third kappa shape index (κ3) is 12.3. The van der Waals surface area contributed by atoms with Crippen molar-refractivity contribution in [2.45, 2.75) is 32.7 Å². The summed E-state index contributed by atoms with van der Waals surface area (Å²) in [4.78, 5) is 2.24. The predicted molar refractivity (Wildman–Crippen MR) is 68.3 cm³/mol. The van der Waals surface area contributed by atoms with Crippen LogP contribution in [0.2, 0.25) is 0 Å². The van der Waals surface area contributed by atoms with Crippen LogP contribution in [-0.2, 0) is 0 Å². The van der Waals surface area contributed by atoms with Gasteiger partial charge < -0.3 is 10.2 Å². The minimum absolute atomic E-state index is 0.272. The van der Waals surface area contributed by atoms with E-state index in [0.29, 0.717) is 0 Å². The molecule has 0 aliphatic rings. The van der Waals surface area contributed by atoms with E-state index >= 15 is 0 Å². The fourth-order valence-electron chi connectivity index (χ4n) is 0.987. The van der Waals surface area contributed by atoms with Gasteiger partial charge in [0.15, 0.2) is 0 Å². The molecule has 0 atom stereocenters. The number of thioether (sulfide) groups is 1. The summed E-state index contributed by atoms with van der Waals surface area (Å²) in [5.74, 6) is 2.53. The van der Waals surface area contributed by atoms with Crippen molar-refractivity contribution in [2.24, 2.45) is 0 Å². The van der Waals surface area contributed by atoms with Crippen LogP contribution in [0.5, 0.6) is 0 Å². The van der Waals surface area contributed by atoms with Crippen LogP contribution in [0.3, 0.4) is 0 Å². The second kappa shape index (κ2) is 7.55. The first kappa shape index (κ1) is 14.3. The minimum Gasteiger partial charge on any atom is -0.312 e. The van der Waals surface area contributed by atoms with Gasteiger partial charge in [-0.15, -0.1) is 0 Å². The van der Waals surface area contributed by atoms with Gasteiger partial charge in [0.2, 0.25) is 0 Å². The molecule has 0 bridgehead atoms. The zero-order valence-corrected chi connectivity index (χ0v) is 11.2. The Labute approximate surface area is 93.8 Å². The van der Waals surface area contributed by atoms with Crippen molar-refractivity contribution in [1.29, 1.82) is 0 Å². The maximum atomic E-state index is 3.50. The highest BCUT2D eigenvalue weighted by molar-refractivity contribution is 7.99. The molecule has 0 heterocycles. The molecule has 86 valence electrons. The first-order valence-electron chi connectivity index (χ1n) is 5.39. The average molecular weight is 218 g/mol. The molecule has 14 heavy (non-hydrogen) atoms. The van der Waals surface area contributed by atoms with Gasteiger partial charge in [-0.2, -0.15) is 11.8 Å². The van der Waals surface area contributed by atoms with Gasteiger partial charge in [0, 0.05) is 17.8 Å². The third-order valence-electron chi connectivity index (χ3n) is 1.80. The Balaban J connectivity index is 3.07. The fraction of sp³-hybridized carbons (Fsp3) is 1.00. The molecule has 0 aliphatic carbocycles. The monoisotopic (exact) mass is 218 g/mol. The normalized spacial score (nSPS) is 12.4. The van der Waals surface area contributed by atoms with E-state index in [1.807, 2.05) is 0 Å². The summed E-state index contributed by atoms with van der Waals surface area (Å²) in [6.45, 7) is 8.97. The Kier molecular flexibility index (Phi) is 7.69. The molecule has 0 saturated carbocycles. The van der Waals surface area contributed by atoms with Crippen LogP contribution in [0.25, 0.3) is 0 Å². The van der Waals surface area contributed by atoms with Crippen LogP contribution in [-0.4, -0.2) is 49.1 Å². The Hall–Kier alpha value is 0.270. The van der Waals surface area contributed by atoms with Gasteiger partial charge in [0.25, 0.3) is 0 Å². The Morgan fingerprint density at radius 2 is 1.79 bits per heavy atom. The maximum Gasteiger partial charge on any atom is 0.00965 e. The van der Waals surface area contributed by atoms with E-state index in [0.717, 1.165) is 6.54 Å². The molecule has 0 aromatic carbocycles. The molecule has 0 aliphatic heterocycles. The topological polar surface area (TPSA) is 15.3 Å². The molecule has 1 N–H and O–H groups in total. The van der Waals surface area contributed by atoms with E-state index < -0.39 is 0 Å². The Morgan fingerprint density at radius 3 is 2.29 bits per heavy atom. The summed E-state index contributed by atoms with van der Waals surface area (Å²) in [6, 6.07) is 0. The number of nitrogens with one attached hydrogen (secondary N) is 1. The Bertz CT molecular complexity index is 130. The van der Waals surface area contributed by atoms with Gasteiger partial charge in [0.1, 0.15) is 0 Å². The summed E-state index contributed by atoms with van der Waals surface area (Å²) in [6.07, 6.45) is 1.27. The second-order valence-electron chi connectivity index (χ2n) is 4.95. The van der Waals surface area contributed by atoms with E-state index in [-0.39, 0.29) is 5.54 Å². The molecule has 0 fully saturated rings. The van der Waals surface area contributed by atoms with Crippen molar-refractivity contribution in [3.63, 3.8) is 0 Å². The van der Waals surface area contributed by atoms with Crippen LogP contribution in [0.1, 0.15) is 27.2 Å². The lowest BCUT2D eigenvalue weighted by molar-refractivity contribution is 0.427. The molecule has 0 spiro atoms. The van der Waals surface area contributed by atoms with E-state index in [9.17, 15) is 0 Å². The lowest BCUT2D eigenvalue weighted by Gasteiger charge is -2.20. The molecule has 0 saturated heterocycles. The minimum atomic E-state index is 0.272. The van der Waals surface area contributed by atoms with Gasteiger partial charge >= 0.3 is 0 Å². The van der Waals surface area contributed by atoms with Crippen LogP contribution in [0.15, 0.2) is 0 Å². The highest BCUT2D eigenvalue weighted by Crippen LogP contribution is 2.03. The third-order valence-corrected chi connectivity index (χ3v) is 2.85. The highest BCUT2D eigenvalue weighted by Gasteiger charge is 2.06. The van der Waals surface area contributed by atoms with Crippen molar-refractivity contribution < 1.29 is 0 Å². The van der Waals surface area contributed by atoms with Gasteiger partial charge in [-0.1, -0.05) is 0 Å². The SMILES string of the molecule is CN(C)CCSCCCNC(C)(C)C. The molecule has 2 nitrogen and oxygen atoms in total. The summed E-state index contributed by atoms with van der Waals surface area (Å²) in [5, 5.41) is 3.50. The fourth-order valence-corrected chi connectivity index (χ4v) is 2.03. The molecule has 0 rings (SSSR count). The number of hydrogen-bond donors (Lipinski definition) is 1. The zero-order chi connectivity index (χ0) is 11.0.